The smallest absolute Gasteiger partial charge is 0.342 e. The number of primary sulfonamides is 1. The summed E-state index contributed by atoms with van der Waals surface area (Å²) in [6.45, 7) is 3.14. The molecule has 9 heteroatoms. The van der Waals surface area contributed by atoms with Crippen molar-refractivity contribution in [1.82, 2.24) is 5.32 Å². The number of nitrogens with two attached hydrogens (primary N) is 1. The molecule has 0 aliphatic heterocycles. The highest BCUT2D eigenvalue weighted by molar-refractivity contribution is 7.89. The third-order valence-electron chi connectivity index (χ3n) is 2.50. The normalized spacial score (nSPS) is 10.6. The lowest BCUT2D eigenvalue weighted by atomic mass is 10.2. The maximum Gasteiger partial charge on any atom is 0.342 e. The van der Waals surface area contributed by atoms with Crippen LogP contribution in [0, 0.1) is 0 Å². The molecule has 0 saturated carbocycles. The molecule has 0 saturated heterocycles. The van der Waals surface area contributed by atoms with Crippen LogP contribution in [0.2, 0.25) is 0 Å². The highest BCUT2D eigenvalue weighted by Gasteiger charge is 2.19. The van der Waals surface area contributed by atoms with E-state index in [9.17, 15) is 18.0 Å². The molecule has 0 aliphatic rings. The van der Waals surface area contributed by atoms with Crippen molar-refractivity contribution in [2.24, 2.45) is 5.14 Å². The van der Waals surface area contributed by atoms with Crippen LogP contribution < -0.4 is 15.2 Å². The lowest BCUT2D eigenvalue weighted by Crippen LogP contribution is -2.28. The van der Waals surface area contributed by atoms with Crippen LogP contribution in [0.15, 0.2) is 35.7 Å². The van der Waals surface area contributed by atoms with E-state index in [1.165, 1.54) is 25.3 Å². The lowest BCUT2D eigenvalue weighted by Gasteiger charge is -2.10. The minimum atomic E-state index is -3.98. The highest BCUT2D eigenvalue weighted by atomic mass is 32.2. The molecule has 1 aromatic rings. The molecule has 0 spiro atoms. The van der Waals surface area contributed by atoms with E-state index in [0.717, 1.165) is 6.07 Å². The van der Waals surface area contributed by atoms with E-state index >= 15 is 0 Å². The minimum Gasteiger partial charge on any atom is -0.496 e. The van der Waals surface area contributed by atoms with Gasteiger partial charge < -0.3 is 14.8 Å². The second-order valence-electron chi connectivity index (χ2n) is 4.08. The van der Waals surface area contributed by atoms with E-state index in [1.54, 1.807) is 0 Å². The lowest BCUT2D eigenvalue weighted by molar-refractivity contribution is -0.124. The van der Waals surface area contributed by atoms with Gasteiger partial charge in [0.15, 0.2) is 6.61 Å². The fraction of sp³-hybridized carbons (Fsp3) is 0.231. The number of hydrogen-bond acceptors (Lipinski definition) is 6. The number of carbonyl (C=O) groups excluding carboxylic acids is 2. The predicted molar refractivity (Wildman–Crippen MR) is 77.9 cm³/mol. The van der Waals surface area contributed by atoms with Crippen molar-refractivity contribution in [3.8, 4) is 5.75 Å². The van der Waals surface area contributed by atoms with Gasteiger partial charge in [-0.15, -0.1) is 6.58 Å². The van der Waals surface area contributed by atoms with E-state index in [-0.39, 0.29) is 22.8 Å². The number of ether oxygens (including phenoxy) is 2. The van der Waals surface area contributed by atoms with E-state index in [4.69, 9.17) is 14.6 Å². The fourth-order valence-electron chi connectivity index (χ4n) is 1.47. The number of carbonyl (C=O) groups is 2. The van der Waals surface area contributed by atoms with Crippen molar-refractivity contribution in [2.75, 3.05) is 20.3 Å². The number of methoxy groups -OCH3 is 1. The summed E-state index contributed by atoms with van der Waals surface area (Å²) in [7, 11) is -2.68. The van der Waals surface area contributed by atoms with Gasteiger partial charge in [-0.25, -0.2) is 18.4 Å². The van der Waals surface area contributed by atoms with Gasteiger partial charge >= 0.3 is 5.97 Å². The Kier molecular flexibility index (Phi) is 6.08. The Balaban J connectivity index is 2.91. The summed E-state index contributed by atoms with van der Waals surface area (Å²) < 4.78 is 32.4. The summed E-state index contributed by atoms with van der Waals surface area (Å²) in [5.74, 6) is -1.32. The zero-order valence-electron chi connectivity index (χ0n) is 11.9. The first-order valence-electron chi connectivity index (χ1n) is 6.05. The Labute approximate surface area is 127 Å². The summed E-state index contributed by atoms with van der Waals surface area (Å²) in [5, 5.41) is 7.42. The SMILES string of the molecule is C=CCNC(=O)COC(=O)c1cc(S(N)(=O)=O)ccc1OC. The summed E-state index contributed by atoms with van der Waals surface area (Å²) in [6.07, 6.45) is 1.47. The number of rotatable bonds is 7. The standard InChI is InChI=1S/C13H16N2O6S/c1-3-6-15-12(16)8-21-13(17)10-7-9(22(14,18)19)4-5-11(10)20-2/h3-5,7H,1,6,8H2,2H3,(H,15,16)(H2,14,18,19). The van der Waals surface area contributed by atoms with Crippen molar-refractivity contribution in [2.45, 2.75) is 4.90 Å². The second kappa shape index (κ2) is 7.57. The van der Waals surface area contributed by atoms with Gasteiger partial charge in [-0.3, -0.25) is 4.79 Å². The van der Waals surface area contributed by atoms with Crippen LogP contribution in [-0.2, 0) is 19.6 Å². The minimum absolute atomic E-state index is 0.101. The van der Waals surface area contributed by atoms with Gasteiger partial charge in [0.05, 0.1) is 12.0 Å². The zero-order chi connectivity index (χ0) is 16.8. The number of esters is 1. The molecule has 120 valence electrons. The van der Waals surface area contributed by atoms with Gasteiger partial charge in [0.2, 0.25) is 10.0 Å². The summed E-state index contributed by atoms with van der Waals surface area (Å²) >= 11 is 0. The highest BCUT2D eigenvalue weighted by Crippen LogP contribution is 2.22. The molecule has 1 amide bonds. The predicted octanol–water partition coefficient (Wildman–Crippen LogP) is -0.198. The molecule has 0 heterocycles. The first-order chi connectivity index (χ1) is 10.3. The molecule has 8 nitrogen and oxygen atoms in total. The van der Waals surface area contributed by atoms with Gasteiger partial charge in [0, 0.05) is 6.54 Å². The van der Waals surface area contributed by atoms with Crippen LogP contribution in [0.1, 0.15) is 10.4 Å². The molecule has 0 aliphatic carbocycles. The topological polar surface area (TPSA) is 125 Å². The maximum atomic E-state index is 11.9. The van der Waals surface area contributed by atoms with Gasteiger partial charge in [0.1, 0.15) is 11.3 Å². The molecule has 0 radical (unpaired) electrons. The quantitative estimate of drug-likeness (QED) is 0.527. The largest absolute Gasteiger partial charge is 0.496 e. The molecular formula is C13H16N2O6S. The molecule has 1 aromatic carbocycles. The third kappa shape index (κ3) is 4.86. The number of benzene rings is 1. The number of hydrogen-bond donors (Lipinski definition) is 2. The Morgan fingerprint density at radius 3 is 2.64 bits per heavy atom. The van der Waals surface area contributed by atoms with E-state index in [2.05, 4.69) is 11.9 Å². The van der Waals surface area contributed by atoms with Gasteiger partial charge in [-0.2, -0.15) is 0 Å². The van der Waals surface area contributed by atoms with Gasteiger partial charge in [-0.05, 0) is 18.2 Å². The summed E-state index contributed by atoms with van der Waals surface area (Å²) in [6, 6.07) is 3.49. The molecule has 0 unspecified atom stereocenters. The Bertz CT molecular complexity index is 684. The van der Waals surface area contributed by atoms with Crippen LogP contribution >= 0.6 is 0 Å². The zero-order valence-corrected chi connectivity index (χ0v) is 12.7. The van der Waals surface area contributed by atoms with Crippen molar-refractivity contribution in [3.63, 3.8) is 0 Å². The van der Waals surface area contributed by atoms with Crippen LogP contribution in [-0.4, -0.2) is 40.6 Å². The van der Waals surface area contributed by atoms with Gasteiger partial charge in [0.25, 0.3) is 5.91 Å². The summed E-state index contributed by atoms with van der Waals surface area (Å²) in [5.41, 5.74) is -0.148. The monoisotopic (exact) mass is 328 g/mol. The Morgan fingerprint density at radius 1 is 1.41 bits per heavy atom. The average molecular weight is 328 g/mol. The first-order valence-corrected chi connectivity index (χ1v) is 7.59. The molecule has 0 bridgehead atoms. The maximum absolute atomic E-state index is 11.9. The van der Waals surface area contributed by atoms with Crippen LogP contribution in [0.3, 0.4) is 0 Å². The second-order valence-corrected chi connectivity index (χ2v) is 5.64. The Hall–Kier alpha value is -2.39. The first kappa shape index (κ1) is 17.7. The van der Waals surface area contributed by atoms with Crippen LogP contribution in [0.5, 0.6) is 5.75 Å². The van der Waals surface area contributed by atoms with Crippen molar-refractivity contribution in [3.05, 3.63) is 36.4 Å². The molecule has 0 aromatic heterocycles. The molecule has 22 heavy (non-hydrogen) atoms. The van der Waals surface area contributed by atoms with Crippen LogP contribution in [0.4, 0.5) is 0 Å². The Morgan fingerprint density at radius 2 is 2.09 bits per heavy atom. The van der Waals surface area contributed by atoms with E-state index in [0.29, 0.717) is 0 Å². The third-order valence-corrected chi connectivity index (χ3v) is 3.41. The number of sulfonamides is 1. The van der Waals surface area contributed by atoms with Crippen molar-refractivity contribution >= 4 is 21.9 Å². The molecule has 0 fully saturated rings. The molecule has 1 rings (SSSR count). The van der Waals surface area contributed by atoms with Gasteiger partial charge in [-0.1, -0.05) is 6.08 Å². The number of amides is 1. The molecule has 3 N–H and O–H groups in total. The fourth-order valence-corrected chi connectivity index (χ4v) is 2.01. The van der Waals surface area contributed by atoms with E-state index in [1.807, 2.05) is 0 Å². The summed E-state index contributed by atoms with van der Waals surface area (Å²) in [4.78, 5) is 23.0. The average Bonchev–Trinajstić information content (AvgIpc) is 2.48. The molecular weight excluding hydrogens is 312 g/mol. The van der Waals surface area contributed by atoms with E-state index < -0.39 is 28.5 Å². The van der Waals surface area contributed by atoms with Crippen molar-refractivity contribution < 1.29 is 27.5 Å². The molecule has 0 atom stereocenters. The van der Waals surface area contributed by atoms with Crippen LogP contribution in [0.25, 0.3) is 0 Å². The number of nitrogens with one attached hydrogen (secondary N) is 1. The van der Waals surface area contributed by atoms with Crippen molar-refractivity contribution in [1.29, 1.82) is 0 Å².